The molecule has 29 heavy (non-hydrogen) atoms. The minimum Gasteiger partial charge on any atom is -0.459 e. The topological polar surface area (TPSA) is 82.8 Å². The van der Waals surface area contributed by atoms with Crippen LogP contribution in [0.1, 0.15) is 23.4 Å². The molecular formula is C20H21N5O3S. The molecule has 150 valence electrons. The first kappa shape index (κ1) is 18.1. The second kappa shape index (κ2) is 7.47. The molecule has 9 heteroatoms. The Morgan fingerprint density at radius 3 is 2.72 bits per heavy atom. The predicted molar refractivity (Wildman–Crippen MR) is 109 cm³/mol. The van der Waals surface area contributed by atoms with Crippen molar-refractivity contribution in [3.8, 4) is 0 Å². The number of hydrogen-bond acceptors (Lipinski definition) is 7. The second-order valence-electron chi connectivity index (χ2n) is 7.27. The summed E-state index contributed by atoms with van der Waals surface area (Å²) in [6.07, 6.45) is 4.80. The van der Waals surface area contributed by atoms with Crippen LogP contribution in [0.2, 0.25) is 0 Å². The number of thiazole rings is 1. The molecule has 1 atom stereocenters. The average molecular weight is 411 g/mol. The Bertz CT molecular complexity index is 993. The summed E-state index contributed by atoms with van der Waals surface area (Å²) in [5.74, 6) is 0.124. The lowest BCUT2D eigenvalue weighted by Crippen LogP contribution is -2.54. The summed E-state index contributed by atoms with van der Waals surface area (Å²) in [6.45, 7) is 3.30. The van der Waals surface area contributed by atoms with E-state index < -0.39 is 6.04 Å². The van der Waals surface area contributed by atoms with Crippen LogP contribution in [0, 0.1) is 0 Å². The number of rotatable bonds is 3. The van der Waals surface area contributed by atoms with Gasteiger partial charge in [-0.25, -0.2) is 9.97 Å². The number of pyridine rings is 1. The highest BCUT2D eigenvalue weighted by Gasteiger charge is 2.38. The summed E-state index contributed by atoms with van der Waals surface area (Å²) < 4.78 is 5.24. The number of fused-ring (bicyclic) bond motifs is 1. The highest BCUT2D eigenvalue weighted by Crippen LogP contribution is 2.28. The maximum Gasteiger partial charge on any atom is 0.290 e. The Morgan fingerprint density at radius 2 is 1.97 bits per heavy atom. The number of carbonyl (C=O) groups excluding carboxylic acids is 2. The molecule has 0 bridgehead atoms. The number of carbonyl (C=O) groups is 2. The molecule has 8 nitrogen and oxygen atoms in total. The molecule has 2 aliphatic heterocycles. The standard InChI is InChI=1S/C20H21N5O3S/c26-18(15-5-2-8-25(15)19(27)16-6-3-13-28-16)23-9-11-24(12-10-23)20-22-14-4-1-7-21-17(14)29-20/h1,3-4,6-7,13,15H,2,5,8-12H2. The van der Waals surface area contributed by atoms with Gasteiger partial charge in [0, 0.05) is 38.9 Å². The molecule has 3 aromatic heterocycles. The minimum absolute atomic E-state index is 0.0352. The fourth-order valence-electron chi connectivity index (χ4n) is 4.03. The van der Waals surface area contributed by atoms with Crippen LogP contribution in [0.3, 0.4) is 0 Å². The lowest BCUT2D eigenvalue weighted by molar-refractivity contribution is -0.135. The van der Waals surface area contributed by atoms with Gasteiger partial charge in [-0.1, -0.05) is 11.3 Å². The number of amides is 2. The number of piperazine rings is 1. The first-order valence-electron chi connectivity index (χ1n) is 9.80. The maximum atomic E-state index is 13.1. The molecule has 5 heterocycles. The summed E-state index contributed by atoms with van der Waals surface area (Å²) in [4.78, 5) is 41.5. The molecule has 0 spiro atoms. The van der Waals surface area contributed by atoms with Crippen LogP contribution in [-0.4, -0.2) is 70.3 Å². The lowest BCUT2D eigenvalue weighted by atomic mass is 10.1. The van der Waals surface area contributed by atoms with Gasteiger partial charge in [0.1, 0.15) is 16.4 Å². The highest BCUT2D eigenvalue weighted by atomic mass is 32.1. The minimum atomic E-state index is -0.397. The van der Waals surface area contributed by atoms with E-state index in [2.05, 4.69) is 14.9 Å². The summed E-state index contributed by atoms with van der Waals surface area (Å²) in [5.41, 5.74) is 0.907. The molecule has 2 fully saturated rings. The SMILES string of the molecule is O=C(C1CCCN1C(=O)c1ccco1)N1CCN(c2nc3cccnc3s2)CC1. The summed E-state index contributed by atoms with van der Waals surface area (Å²) >= 11 is 1.58. The van der Waals surface area contributed by atoms with E-state index in [1.165, 1.54) is 6.26 Å². The summed E-state index contributed by atoms with van der Waals surface area (Å²) in [6, 6.07) is 6.79. The number of nitrogens with zero attached hydrogens (tertiary/aromatic N) is 5. The normalized spacial score (nSPS) is 19.9. The van der Waals surface area contributed by atoms with Gasteiger partial charge in [0.2, 0.25) is 5.91 Å². The molecule has 0 N–H and O–H groups in total. The monoisotopic (exact) mass is 411 g/mol. The Hall–Kier alpha value is -2.94. The van der Waals surface area contributed by atoms with Crippen molar-refractivity contribution in [2.45, 2.75) is 18.9 Å². The Labute approximate surface area is 171 Å². The lowest BCUT2D eigenvalue weighted by Gasteiger charge is -2.37. The van der Waals surface area contributed by atoms with Crippen LogP contribution >= 0.6 is 11.3 Å². The van der Waals surface area contributed by atoms with E-state index in [0.717, 1.165) is 35.0 Å². The van der Waals surface area contributed by atoms with E-state index in [1.807, 2.05) is 17.0 Å². The van der Waals surface area contributed by atoms with E-state index in [-0.39, 0.29) is 11.8 Å². The Kier molecular flexibility index (Phi) is 4.67. The zero-order chi connectivity index (χ0) is 19.8. The van der Waals surface area contributed by atoms with E-state index >= 15 is 0 Å². The van der Waals surface area contributed by atoms with Crippen molar-refractivity contribution >= 4 is 38.6 Å². The van der Waals surface area contributed by atoms with Gasteiger partial charge < -0.3 is 19.1 Å². The van der Waals surface area contributed by atoms with Crippen LogP contribution in [-0.2, 0) is 4.79 Å². The van der Waals surface area contributed by atoms with Gasteiger partial charge in [-0.15, -0.1) is 0 Å². The smallest absolute Gasteiger partial charge is 0.290 e. The summed E-state index contributed by atoms with van der Waals surface area (Å²) in [5, 5.41) is 0.946. The molecule has 0 aliphatic carbocycles. The van der Waals surface area contributed by atoms with Crippen molar-refractivity contribution in [2.24, 2.45) is 0 Å². The van der Waals surface area contributed by atoms with Gasteiger partial charge in [-0.3, -0.25) is 9.59 Å². The second-order valence-corrected chi connectivity index (χ2v) is 8.23. The first-order valence-corrected chi connectivity index (χ1v) is 10.6. The van der Waals surface area contributed by atoms with Gasteiger partial charge >= 0.3 is 0 Å². The quantitative estimate of drug-likeness (QED) is 0.657. The molecule has 0 radical (unpaired) electrons. The molecule has 3 aromatic rings. The highest BCUT2D eigenvalue weighted by molar-refractivity contribution is 7.21. The van der Waals surface area contributed by atoms with Crippen molar-refractivity contribution in [2.75, 3.05) is 37.6 Å². The third-order valence-electron chi connectivity index (χ3n) is 5.55. The number of anilines is 1. The molecule has 0 aromatic carbocycles. The number of aromatic nitrogens is 2. The molecule has 2 amide bonds. The van der Waals surface area contributed by atoms with Crippen LogP contribution in [0.25, 0.3) is 10.3 Å². The number of hydrogen-bond donors (Lipinski definition) is 0. The largest absolute Gasteiger partial charge is 0.459 e. The zero-order valence-electron chi connectivity index (χ0n) is 15.9. The number of likely N-dealkylation sites (tertiary alicyclic amines) is 1. The van der Waals surface area contributed by atoms with Gasteiger partial charge in [0.05, 0.1) is 6.26 Å². The summed E-state index contributed by atoms with van der Waals surface area (Å²) in [7, 11) is 0. The fourth-order valence-corrected chi connectivity index (χ4v) is 4.99. The van der Waals surface area contributed by atoms with Crippen molar-refractivity contribution in [1.29, 1.82) is 0 Å². The van der Waals surface area contributed by atoms with E-state index in [9.17, 15) is 9.59 Å². The first-order chi connectivity index (χ1) is 14.2. The predicted octanol–water partition coefficient (Wildman–Crippen LogP) is 2.24. The Morgan fingerprint density at radius 1 is 1.10 bits per heavy atom. The van der Waals surface area contributed by atoms with Crippen molar-refractivity contribution in [3.63, 3.8) is 0 Å². The van der Waals surface area contributed by atoms with E-state index in [1.54, 1.807) is 34.6 Å². The van der Waals surface area contributed by atoms with Crippen molar-refractivity contribution in [3.05, 3.63) is 42.5 Å². The third kappa shape index (κ3) is 3.35. The van der Waals surface area contributed by atoms with E-state index in [0.29, 0.717) is 31.8 Å². The van der Waals surface area contributed by atoms with Crippen molar-refractivity contribution < 1.29 is 14.0 Å². The van der Waals surface area contributed by atoms with Crippen molar-refractivity contribution in [1.82, 2.24) is 19.8 Å². The molecule has 2 aliphatic rings. The maximum absolute atomic E-state index is 13.1. The molecule has 5 rings (SSSR count). The van der Waals surface area contributed by atoms with Gasteiger partial charge in [-0.2, -0.15) is 0 Å². The Balaban J connectivity index is 1.24. The van der Waals surface area contributed by atoms with E-state index in [4.69, 9.17) is 4.42 Å². The van der Waals surface area contributed by atoms with Gasteiger partial charge in [0.15, 0.2) is 10.9 Å². The number of furan rings is 1. The van der Waals surface area contributed by atoms with Crippen LogP contribution in [0.5, 0.6) is 0 Å². The molecule has 1 unspecified atom stereocenters. The van der Waals surface area contributed by atoms with Crippen LogP contribution in [0.4, 0.5) is 5.13 Å². The molecular weight excluding hydrogens is 390 g/mol. The molecule has 2 saturated heterocycles. The third-order valence-corrected chi connectivity index (χ3v) is 6.59. The van der Waals surface area contributed by atoms with Crippen LogP contribution < -0.4 is 4.90 Å². The fraction of sp³-hybridized carbons (Fsp3) is 0.400. The van der Waals surface area contributed by atoms with Gasteiger partial charge in [-0.05, 0) is 37.1 Å². The van der Waals surface area contributed by atoms with Gasteiger partial charge in [0.25, 0.3) is 5.91 Å². The molecule has 0 saturated carbocycles. The zero-order valence-corrected chi connectivity index (χ0v) is 16.7. The van der Waals surface area contributed by atoms with Crippen LogP contribution in [0.15, 0.2) is 41.1 Å². The average Bonchev–Trinajstić information content (AvgIpc) is 3.53.